The van der Waals surface area contributed by atoms with Crippen molar-refractivity contribution in [3.63, 3.8) is 0 Å². The molecule has 0 N–H and O–H groups in total. The Labute approximate surface area is 94.0 Å². The molecular weight excluding hydrogens is 189 g/mol. The minimum Gasteiger partial charge on any atom is -0.302 e. The monoisotopic (exact) mass is 215 g/mol. The Balaban J connectivity index is 0.000000531. The summed E-state index contributed by atoms with van der Waals surface area (Å²) < 4.78 is 13.5. The Kier molecular flexibility index (Phi) is 4.16. The summed E-state index contributed by atoms with van der Waals surface area (Å²) in [4.78, 5) is 2.46. The molecule has 2 heteroatoms. The molecule has 0 unspecified atom stereocenters. The average Bonchev–Trinajstić information content (AvgIpc) is 2.18. The molecule has 1 spiro atoms. The van der Waals surface area contributed by atoms with Gasteiger partial charge in [0.25, 0.3) is 0 Å². The number of likely N-dealkylation sites (tertiary alicyclic amines) is 1. The van der Waals surface area contributed by atoms with Crippen LogP contribution in [-0.2, 0) is 0 Å². The van der Waals surface area contributed by atoms with Crippen molar-refractivity contribution in [3.05, 3.63) is 0 Å². The summed E-state index contributed by atoms with van der Waals surface area (Å²) in [5, 5.41) is 0. The van der Waals surface area contributed by atoms with Crippen molar-refractivity contribution in [2.24, 2.45) is 5.41 Å². The zero-order chi connectivity index (χ0) is 11.5. The molecule has 2 fully saturated rings. The summed E-state index contributed by atoms with van der Waals surface area (Å²) in [7, 11) is 0. The third-order valence-corrected chi connectivity index (χ3v) is 3.92. The van der Waals surface area contributed by atoms with Crippen molar-refractivity contribution in [2.75, 3.05) is 19.6 Å². The van der Waals surface area contributed by atoms with Gasteiger partial charge in [0.1, 0.15) is 5.67 Å². The van der Waals surface area contributed by atoms with E-state index in [1.54, 1.807) is 6.92 Å². The summed E-state index contributed by atoms with van der Waals surface area (Å²) in [6.45, 7) is 11.6. The highest BCUT2D eigenvalue weighted by Gasteiger charge is 2.47. The Morgan fingerprint density at radius 3 is 1.93 bits per heavy atom. The number of rotatable bonds is 1. The molecule has 1 nitrogen and oxygen atoms in total. The van der Waals surface area contributed by atoms with E-state index < -0.39 is 5.67 Å². The smallest absolute Gasteiger partial charge is 0.108 e. The van der Waals surface area contributed by atoms with Crippen molar-refractivity contribution in [2.45, 2.75) is 59.0 Å². The molecule has 2 rings (SSSR count). The SMILES string of the molecule is CC.CCN1CC2(CCC(C)(F)CC2)C1. The van der Waals surface area contributed by atoms with Crippen molar-refractivity contribution < 1.29 is 4.39 Å². The molecule has 0 aromatic carbocycles. The maximum atomic E-state index is 13.5. The van der Waals surface area contributed by atoms with Crippen LogP contribution < -0.4 is 0 Å². The molecule has 15 heavy (non-hydrogen) atoms. The lowest BCUT2D eigenvalue weighted by molar-refractivity contribution is -0.0579. The maximum Gasteiger partial charge on any atom is 0.108 e. The topological polar surface area (TPSA) is 3.24 Å². The normalized spacial score (nSPS) is 27.8. The van der Waals surface area contributed by atoms with Gasteiger partial charge >= 0.3 is 0 Å². The fourth-order valence-electron chi connectivity index (χ4n) is 2.74. The van der Waals surface area contributed by atoms with E-state index in [1.807, 2.05) is 13.8 Å². The third kappa shape index (κ3) is 2.93. The van der Waals surface area contributed by atoms with E-state index in [-0.39, 0.29) is 0 Å². The summed E-state index contributed by atoms with van der Waals surface area (Å²) in [5.41, 5.74) is -0.348. The van der Waals surface area contributed by atoms with Crippen LogP contribution in [-0.4, -0.2) is 30.2 Å². The highest BCUT2D eigenvalue weighted by molar-refractivity contribution is 5.00. The molecule has 0 atom stereocenters. The van der Waals surface area contributed by atoms with Gasteiger partial charge < -0.3 is 4.90 Å². The number of halogens is 1. The first kappa shape index (κ1) is 13.0. The molecule has 0 aromatic heterocycles. The van der Waals surface area contributed by atoms with Crippen LogP contribution >= 0.6 is 0 Å². The Morgan fingerprint density at radius 2 is 1.53 bits per heavy atom. The largest absolute Gasteiger partial charge is 0.302 e. The quantitative estimate of drug-likeness (QED) is 0.645. The second kappa shape index (κ2) is 4.82. The van der Waals surface area contributed by atoms with Gasteiger partial charge in [0, 0.05) is 13.1 Å². The lowest BCUT2D eigenvalue weighted by atomic mass is 9.65. The van der Waals surface area contributed by atoms with E-state index in [0.717, 1.165) is 32.2 Å². The van der Waals surface area contributed by atoms with E-state index in [4.69, 9.17) is 0 Å². The van der Waals surface area contributed by atoms with Crippen molar-refractivity contribution in [3.8, 4) is 0 Å². The van der Waals surface area contributed by atoms with Gasteiger partial charge in [-0.05, 0) is 44.6 Å². The van der Waals surface area contributed by atoms with Crippen LogP contribution in [0.25, 0.3) is 0 Å². The third-order valence-electron chi connectivity index (χ3n) is 3.92. The maximum absolute atomic E-state index is 13.5. The van der Waals surface area contributed by atoms with Gasteiger partial charge in [-0.15, -0.1) is 0 Å². The number of nitrogens with zero attached hydrogens (tertiary/aromatic N) is 1. The molecule has 1 saturated carbocycles. The van der Waals surface area contributed by atoms with Gasteiger partial charge in [0.05, 0.1) is 0 Å². The molecule has 1 saturated heterocycles. The van der Waals surface area contributed by atoms with Crippen LogP contribution in [0, 0.1) is 5.41 Å². The lowest BCUT2D eigenvalue weighted by Gasteiger charge is -2.54. The van der Waals surface area contributed by atoms with E-state index >= 15 is 0 Å². The molecular formula is C13H26FN. The van der Waals surface area contributed by atoms with Crippen LogP contribution in [0.4, 0.5) is 4.39 Å². The number of alkyl halides is 1. The minimum atomic E-state index is -0.863. The number of hydrogen-bond donors (Lipinski definition) is 0. The van der Waals surface area contributed by atoms with E-state index in [2.05, 4.69) is 11.8 Å². The van der Waals surface area contributed by atoms with Gasteiger partial charge in [0.2, 0.25) is 0 Å². The second-order valence-corrected chi connectivity index (χ2v) is 5.22. The Hall–Kier alpha value is -0.110. The van der Waals surface area contributed by atoms with Crippen LogP contribution in [0.2, 0.25) is 0 Å². The van der Waals surface area contributed by atoms with E-state index in [0.29, 0.717) is 5.41 Å². The highest BCUT2D eigenvalue weighted by Crippen LogP contribution is 2.47. The summed E-state index contributed by atoms with van der Waals surface area (Å²) in [6, 6.07) is 0. The van der Waals surface area contributed by atoms with Gasteiger partial charge in [-0.25, -0.2) is 4.39 Å². The zero-order valence-corrected chi connectivity index (χ0v) is 10.8. The molecule has 90 valence electrons. The second-order valence-electron chi connectivity index (χ2n) is 5.22. The number of hydrogen-bond acceptors (Lipinski definition) is 1. The molecule has 2 aliphatic rings. The fraction of sp³-hybridized carbons (Fsp3) is 1.00. The van der Waals surface area contributed by atoms with E-state index in [9.17, 15) is 4.39 Å². The standard InChI is InChI=1S/C11H20FN.C2H6/c1-3-13-8-11(9-13)6-4-10(2,12)5-7-11;1-2/h3-9H2,1-2H3;1-2H3. The summed E-state index contributed by atoms with van der Waals surface area (Å²) in [6.07, 6.45) is 3.78. The van der Waals surface area contributed by atoms with Crippen LogP contribution in [0.3, 0.4) is 0 Å². The molecule has 1 heterocycles. The fourth-order valence-corrected chi connectivity index (χ4v) is 2.74. The summed E-state index contributed by atoms with van der Waals surface area (Å²) >= 11 is 0. The van der Waals surface area contributed by atoms with Crippen molar-refractivity contribution >= 4 is 0 Å². The Bertz CT molecular complexity index is 183. The Morgan fingerprint density at radius 1 is 1.07 bits per heavy atom. The lowest BCUT2D eigenvalue weighted by Crippen LogP contribution is -2.58. The molecule has 0 radical (unpaired) electrons. The predicted octanol–water partition coefficient (Wildman–Crippen LogP) is 3.64. The van der Waals surface area contributed by atoms with Gasteiger partial charge in [-0.1, -0.05) is 20.8 Å². The average molecular weight is 215 g/mol. The van der Waals surface area contributed by atoms with Crippen molar-refractivity contribution in [1.82, 2.24) is 4.90 Å². The summed E-state index contributed by atoms with van der Waals surface area (Å²) in [5.74, 6) is 0. The minimum absolute atomic E-state index is 0.515. The van der Waals surface area contributed by atoms with E-state index in [1.165, 1.54) is 13.1 Å². The molecule has 1 aliphatic carbocycles. The van der Waals surface area contributed by atoms with Crippen LogP contribution in [0.15, 0.2) is 0 Å². The highest BCUT2D eigenvalue weighted by atomic mass is 19.1. The van der Waals surface area contributed by atoms with Gasteiger partial charge in [0.15, 0.2) is 0 Å². The van der Waals surface area contributed by atoms with Crippen LogP contribution in [0.5, 0.6) is 0 Å². The first-order valence-electron chi connectivity index (χ1n) is 6.47. The molecule has 0 bridgehead atoms. The molecule has 0 amide bonds. The van der Waals surface area contributed by atoms with Gasteiger partial charge in [-0.2, -0.15) is 0 Å². The van der Waals surface area contributed by atoms with Crippen molar-refractivity contribution in [1.29, 1.82) is 0 Å². The first-order valence-corrected chi connectivity index (χ1v) is 6.47. The molecule has 1 aliphatic heterocycles. The first-order chi connectivity index (χ1) is 7.05. The molecule has 0 aromatic rings. The predicted molar refractivity (Wildman–Crippen MR) is 63.9 cm³/mol. The zero-order valence-electron chi connectivity index (χ0n) is 10.8. The van der Waals surface area contributed by atoms with Crippen LogP contribution in [0.1, 0.15) is 53.4 Å². The van der Waals surface area contributed by atoms with Gasteiger partial charge in [-0.3, -0.25) is 0 Å².